The van der Waals surface area contributed by atoms with Crippen LogP contribution in [-0.2, 0) is 6.54 Å². The van der Waals surface area contributed by atoms with Crippen LogP contribution in [0.1, 0.15) is 30.5 Å². The van der Waals surface area contributed by atoms with Crippen molar-refractivity contribution >= 4 is 10.9 Å². The number of hydrogen-bond acceptors (Lipinski definition) is 3. The molecule has 1 aromatic heterocycles. The fourth-order valence-corrected chi connectivity index (χ4v) is 4.11. The van der Waals surface area contributed by atoms with E-state index in [2.05, 4.69) is 20.9 Å². The summed E-state index contributed by atoms with van der Waals surface area (Å²) in [7, 11) is 0. The summed E-state index contributed by atoms with van der Waals surface area (Å²) in [5, 5.41) is 0.797. The number of hydrogen-bond donors (Lipinski definition) is 1. The summed E-state index contributed by atoms with van der Waals surface area (Å²) < 4.78 is 0. The second-order valence-electron chi connectivity index (χ2n) is 7.13. The van der Waals surface area contributed by atoms with Crippen molar-refractivity contribution < 1.29 is 0 Å². The second-order valence-corrected chi connectivity index (χ2v) is 7.13. The number of nitrogens with zero attached hydrogens (tertiary/aromatic N) is 2. The summed E-state index contributed by atoms with van der Waals surface area (Å²) in [6.07, 6.45) is 4.04. The quantitative estimate of drug-likeness (QED) is 0.926. The number of pyridine rings is 1. The highest BCUT2D eigenvalue weighted by Gasteiger charge is 2.28. The van der Waals surface area contributed by atoms with Gasteiger partial charge in [-0.05, 0) is 38.4 Å². The lowest BCUT2D eigenvalue weighted by atomic mass is 9.99. The lowest BCUT2D eigenvalue weighted by molar-refractivity contribution is 0.0451. The van der Waals surface area contributed by atoms with E-state index in [1.807, 2.05) is 19.1 Å². The molecule has 2 aliphatic rings. The van der Waals surface area contributed by atoms with Gasteiger partial charge in [-0.25, -0.2) is 0 Å². The van der Waals surface area contributed by atoms with Crippen molar-refractivity contribution in [3.8, 4) is 0 Å². The number of piperidine rings is 1. The molecule has 1 aromatic carbocycles. The van der Waals surface area contributed by atoms with Crippen molar-refractivity contribution in [3.05, 3.63) is 45.7 Å². The Kier molecular flexibility index (Phi) is 3.95. The minimum absolute atomic E-state index is 0.133. The number of aryl methyl sites for hydroxylation is 1. The first-order chi connectivity index (χ1) is 11.2. The average molecular weight is 311 g/mol. The van der Waals surface area contributed by atoms with E-state index in [0.29, 0.717) is 6.04 Å². The summed E-state index contributed by atoms with van der Waals surface area (Å²) in [4.78, 5) is 21.0. The Morgan fingerprint density at radius 1 is 1.17 bits per heavy atom. The van der Waals surface area contributed by atoms with Gasteiger partial charge in [0.1, 0.15) is 0 Å². The van der Waals surface area contributed by atoms with Gasteiger partial charge in [0.2, 0.25) is 0 Å². The lowest BCUT2D eigenvalue weighted by Gasteiger charge is -2.44. The Morgan fingerprint density at radius 2 is 2.09 bits per heavy atom. The van der Waals surface area contributed by atoms with Gasteiger partial charge in [0.25, 0.3) is 0 Å². The minimum atomic E-state index is 0.133. The van der Waals surface area contributed by atoms with Gasteiger partial charge in [0.05, 0.1) is 0 Å². The SMILES string of the molecule is Cc1ccc2[nH]c(CN3CCN4CCCC[C@@H]4C3)cc(=O)c2c1. The van der Waals surface area contributed by atoms with Gasteiger partial charge in [-0.15, -0.1) is 0 Å². The number of rotatable bonds is 2. The van der Waals surface area contributed by atoms with Crippen LogP contribution in [0.3, 0.4) is 0 Å². The maximum Gasteiger partial charge on any atom is 0.189 e. The van der Waals surface area contributed by atoms with Crippen LogP contribution in [-0.4, -0.2) is 47.0 Å². The molecule has 122 valence electrons. The van der Waals surface area contributed by atoms with Crippen LogP contribution in [0.2, 0.25) is 0 Å². The van der Waals surface area contributed by atoms with E-state index < -0.39 is 0 Å². The Labute approximate surface area is 137 Å². The van der Waals surface area contributed by atoms with E-state index in [0.717, 1.165) is 41.8 Å². The average Bonchev–Trinajstić information content (AvgIpc) is 2.55. The Bertz CT molecular complexity index is 767. The van der Waals surface area contributed by atoms with Gasteiger partial charge in [0.15, 0.2) is 5.43 Å². The number of fused-ring (bicyclic) bond motifs is 2. The highest BCUT2D eigenvalue weighted by Crippen LogP contribution is 2.22. The van der Waals surface area contributed by atoms with E-state index >= 15 is 0 Å². The predicted octanol–water partition coefficient (Wildman–Crippen LogP) is 2.51. The zero-order chi connectivity index (χ0) is 15.8. The molecule has 4 nitrogen and oxygen atoms in total. The number of aromatic nitrogens is 1. The number of piperazine rings is 1. The van der Waals surface area contributed by atoms with E-state index in [1.165, 1.54) is 32.4 Å². The molecule has 0 saturated carbocycles. The molecule has 1 atom stereocenters. The summed E-state index contributed by atoms with van der Waals surface area (Å²) in [6, 6.07) is 8.55. The third-order valence-corrected chi connectivity index (χ3v) is 5.36. The van der Waals surface area contributed by atoms with E-state index in [1.54, 1.807) is 6.07 Å². The molecule has 0 aliphatic carbocycles. The van der Waals surface area contributed by atoms with Crippen LogP contribution in [0.25, 0.3) is 10.9 Å². The number of nitrogens with one attached hydrogen (secondary N) is 1. The number of H-pyrrole nitrogens is 1. The summed E-state index contributed by atoms with van der Waals surface area (Å²) in [5.74, 6) is 0. The van der Waals surface area contributed by atoms with Gasteiger partial charge in [0, 0.05) is 54.9 Å². The third-order valence-electron chi connectivity index (χ3n) is 5.36. The molecular weight excluding hydrogens is 286 g/mol. The van der Waals surface area contributed by atoms with Crippen molar-refractivity contribution in [1.29, 1.82) is 0 Å². The molecule has 1 N–H and O–H groups in total. The van der Waals surface area contributed by atoms with Crippen molar-refractivity contribution in [2.45, 2.75) is 38.8 Å². The molecule has 0 bridgehead atoms. The van der Waals surface area contributed by atoms with Gasteiger partial charge in [-0.2, -0.15) is 0 Å². The zero-order valence-electron chi connectivity index (χ0n) is 13.8. The minimum Gasteiger partial charge on any atom is -0.357 e. The van der Waals surface area contributed by atoms with E-state index in [9.17, 15) is 4.79 Å². The van der Waals surface area contributed by atoms with Crippen molar-refractivity contribution in [1.82, 2.24) is 14.8 Å². The molecule has 0 spiro atoms. The summed E-state index contributed by atoms with van der Waals surface area (Å²) in [5.41, 5.74) is 3.25. The van der Waals surface area contributed by atoms with Crippen LogP contribution in [0.5, 0.6) is 0 Å². The van der Waals surface area contributed by atoms with Crippen molar-refractivity contribution in [2.24, 2.45) is 0 Å². The maximum atomic E-state index is 12.4. The van der Waals surface area contributed by atoms with Crippen LogP contribution in [0.15, 0.2) is 29.1 Å². The highest BCUT2D eigenvalue weighted by molar-refractivity contribution is 5.79. The summed E-state index contributed by atoms with van der Waals surface area (Å²) in [6.45, 7) is 7.55. The predicted molar refractivity (Wildman–Crippen MR) is 93.8 cm³/mol. The van der Waals surface area contributed by atoms with Crippen molar-refractivity contribution in [2.75, 3.05) is 26.2 Å². The van der Waals surface area contributed by atoms with Gasteiger partial charge in [-0.1, -0.05) is 18.1 Å². The number of aromatic amines is 1. The molecule has 23 heavy (non-hydrogen) atoms. The largest absolute Gasteiger partial charge is 0.357 e. The smallest absolute Gasteiger partial charge is 0.189 e. The Hall–Kier alpha value is -1.65. The van der Waals surface area contributed by atoms with E-state index in [4.69, 9.17) is 0 Å². The molecule has 2 fully saturated rings. The molecule has 4 rings (SSSR count). The van der Waals surface area contributed by atoms with Gasteiger partial charge in [-0.3, -0.25) is 14.6 Å². The standard InChI is InChI=1S/C19H25N3O/c1-14-5-6-18-17(10-14)19(23)11-15(20-18)12-21-8-9-22-7-3-2-4-16(22)13-21/h5-6,10-11,16H,2-4,7-9,12-13H2,1H3,(H,20,23)/t16-/m1/s1. The van der Waals surface area contributed by atoms with Gasteiger partial charge < -0.3 is 4.98 Å². The second kappa shape index (κ2) is 6.10. The third kappa shape index (κ3) is 3.06. The highest BCUT2D eigenvalue weighted by atomic mass is 16.1. The normalized spacial score (nSPS) is 23.1. The number of benzene rings is 1. The van der Waals surface area contributed by atoms with Gasteiger partial charge >= 0.3 is 0 Å². The van der Waals surface area contributed by atoms with Crippen LogP contribution >= 0.6 is 0 Å². The molecule has 4 heteroatoms. The molecule has 2 saturated heterocycles. The molecule has 2 aliphatic heterocycles. The molecular formula is C19H25N3O. The topological polar surface area (TPSA) is 39.3 Å². The molecule has 0 amide bonds. The van der Waals surface area contributed by atoms with Crippen LogP contribution < -0.4 is 5.43 Å². The van der Waals surface area contributed by atoms with Crippen LogP contribution in [0.4, 0.5) is 0 Å². The molecule has 0 radical (unpaired) electrons. The zero-order valence-corrected chi connectivity index (χ0v) is 13.8. The fraction of sp³-hybridized carbons (Fsp3) is 0.526. The first-order valence-electron chi connectivity index (χ1n) is 8.78. The Balaban J connectivity index is 1.53. The maximum absolute atomic E-state index is 12.4. The van der Waals surface area contributed by atoms with Crippen molar-refractivity contribution in [3.63, 3.8) is 0 Å². The Morgan fingerprint density at radius 3 is 3.00 bits per heavy atom. The van der Waals surface area contributed by atoms with Crippen LogP contribution in [0, 0.1) is 6.92 Å². The molecule has 3 heterocycles. The first-order valence-corrected chi connectivity index (χ1v) is 8.78. The molecule has 2 aromatic rings. The summed E-state index contributed by atoms with van der Waals surface area (Å²) >= 11 is 0. The lowest BCUT2D eigenvalue weighted by Crippen LogP contribution is -2.54. The fourth-order valence-electron chi connectivity index (χ4n) is 4.11. The monoisotopic (exact) mass is 311 g/mol. The molecule has 0 unspecified atom stereocenters. The first kappa shape index (κ1) is 14.9. The van der Waals surface area contributed by atoms with E-state index in [-0.39, 0.29) is 5.43 Å².